The van der Waals surface area contributed by atoms with Crippen LogP contribution in [0.2, 0.25) is 0 Å². The van der Waals surface area contributed by atoms with Crippen LogP contribution < -0.4 is 10.6 Å². The van der Waals surface area contributed by atoms with E-state index in [0.29, 0.717) is 6.54 Å². The molecule has 0 saturated carbocycles. The third-order valence-corrected chi connectivity index (χ3v) is 4.22. The fraction of sp³-hybridized carbons (Fsp3) is 0.190. The van der Waals surface area contributed by atoms with Gasteiger partial charge in [0.15, 0.2) is 18.3 Å². The Morgan fingerprint density at radius 3 is 2.52 bits per heavy atom. The van der Waals surface area contributed by atoms with Crippen molar-refractivity contribution >= 4 is 11.6 Å². The third-order valence-electron chi connectivity index (χ3n) is 4.22. The highest BCUT2D eigenvalue weighted by molar-refractivity contribution is 5.92. The Bertz CT molecular complexity index is 798. The van der Waals surface area contributed by atoms with Gasteiger partial charge in [-0.15, -0.1) is 0 Å². The summed E-state index contributed by atoms with van der Waals surface area (Å²) in [6, 6.07) is 21.8. The second kappa shape index (κ2) is 8.31. The standard InChI is InChI=1S/C21H22N2O2/c1-2-16-9-6-7-12-18(16)23-20(24)15-22-21(19-13-8-14-25-19)17-10-4-3-5-11-17/h3-14,21-22H,2,15H2,1H3,(H,23,24)/p+1/t21-/m0/s1. The zero-order valence-corrected chi connectivity index (χ0v) is 14.3. The number of aryl methyl sites for hydroxylation is 1. The Labute approximate surface area is 147 Å². The summed E-state index contributed by atoms with van der Waals surface area (Å²) in [5.74, 6) is 0.821. The Kier molecular flexibility index (Phi) is 5.65. The van der Waals surface area contributed by atoms with Gasteiger partial charge in [-0.3, -0.25) is 4.79 Å². The maximum atomic E-state index is 12.4. The molecule has 1 heterocycles. The van der Waals surface area contributed by atoms with E-state index in [1.165, 1.54) is 0 Å². The van der Waals surface area contributed by atoms with Crippen molar-refractivity contribution in [1.82, 2.24) is 0 Å². The van der Waals surface area contributed by atoms with Gasteiger partial charge in [-0.2, -0.15) is 0 Å². The normalized spacial score (nSPS) is 11.9. The minimum absolute atomic E-state index is 0.0200. The molecule has 0 saturated heterocycles. The molecule has 3 rings (SSSR count). The van der Waals surface area contributed by atoms with Crippen molar-refractivity contribution < 1.29 is 14.5 Å². The lowest BCUT2D eigenvalue weighted by molar-refractivity contribution is -0.678. The maximum absolute atomic E-state index is 12.4. The van der Waals surface area contributed by atoms with Gasteiger partial charge in [-0.05, 0) is 30.2 Å². The largest absolute Gasteiger partial charge is 0.463 e. The predicted octanol–water partition coefficient (Wildman–Crippen LogP) is 3.13. The van der Waals surface area contributed by atoms with Gasteiger partial charge in [-0.1, -0.05) is 55.5 Å². The van der Waals surface area contributed by atoms with Gasteiger partial charge in [0.05, 0.1) is 6.26 Å². The molecule has 0 fully saturated rings. The van der Waals surface area contributed by atoms with E-state index in [4.69, 9.17) is 4.42 Å². The van der Waals surface area contributed by atoms with Gasteiger partial charge in [0.2, 0.25) is 0 Å². The van der Waals surface area contributed by atoms with Gasteiger partial charge in [0.1, 0.15) is 0 Å². The molecule has 1 amide bonds. The first kappa shape index (κ1) is 17.0. The number of carbonyl (C=O) groups is 1. The molecular weight excluding hydrogens is 312 g/mol. The van der Waals surface area contributed by atoms with Crippen LogP contribution in [-0.4, -0.2) is 12.5 Å². The number of nitrogens with two attached hydrogens (primary N) is 1. The maximum Gasteiger partial charge on any atom is 0.279 e. The number of furan rings is 1. The molecule has 0 radical (unpaired) electrons. The average Bonchev–Trinajstić information content (AvgIpc) is 3.18. The van der Waals surface area contributed by atoms with Gasteiger partial charge in [-0.25, -0.2) is 0 Å². The van der Waals surface area contributed by atoms with Crippen LogP contribution >= 0.6 is 0 Å². The van der Waals surface area contributed by atoms with Crippen molar-refractivity contribution in [3.63, 3.8) is 0 Å². The quantitative estimate of drug-likeness (QED) is 0.697. The second-order valence-corrected chi connectivity index (χ2v) is 5.90. The summed E-state index contributed by atoms with van der Waals surface area (Å²) in [6.45, 7) is 2.40. The lowest BCUT2D eigenvalue weighted by Crippen LogP contribution is -2.87. The molecule has 0 aliphatic heterocycles. The number of quaternary nitrogens is 1. The summed E-state index contributed by atoms with van der Waals surface area (Å²) < 4.78 is 5.57. The van der Waals surface area contributed by atoms with E-state index in [1.807, 2.05) is 72.0 Å². The van der Waals surface area contributed by atoms with E-state index < -0.39 is 0 Å². The molecule has 3 N–H and O–H groups in total. The number of hydrogen-bond donors (Lipinski definition) is 2. The highest BCUT2D eigenvalue weighted by atomic mass is 16.3. The van der Waals surface area contributed by atoms with Crippen LogP contribution in [0.5, 0.6) is 0 Å². The molecule has 0 aliphatic rings. The number of carbonyl (C=O) groups excluding carboxylic acids is 1. The van der Waals surface area contributed by atoms with Crippen LogP contribution in [0.3, 0.4) is 0 Å². The number of rotatable bonds is 7. The molecule has 2 aromatic carbocycles. The van der Waals surface area contributed by atoms with Gasteiger partial charge < -0.3 is 15.1 Å². The SMILES string of the molecule is CCc1ccccc1NC(=O)C[NH2+][C@@H](c1ccccc1)c1ccco1. The van der Waals surface area contributed by atoms with Crippen molar-refractivity contribution in [2.75, 3.05) is 11.9 Å². The van der Waals surface area contributed by atoms with Gasteiger partial charge in [0.25, 0.3) is 5.91 Å². The molecule has 25 heavy (non-hydrogen) atoms. The molecule has 0 bridgehead atoms. The molecular formula is C21H23N2O2+. The van der Waals surface area contributed by atoms with Crippen molar-refractivity contribution in [2.45, 2.75) is 19.4 Å². The molecule has 1 atom stereocenters. The molecule has 1 aromatic heterocycles. The Hall–Kier alpha value is -2.85. The summed E-state index contributed by atoms with van der Waals surface area (Å²) in [7, 11) is 0. The van der Waals surface area contributed by atoms with Crippen LogP contribution in [0.4, 0.5) is 5.69 Å². The lowest BCUT2D eigenvalue weighted by atomic mass is 10.0. The lowest BCUT2D eigenvalue weighted by Gasteiger charge is -2.14. The van der Waals surface area contributed by atoms with Crippen molar-refractivity contribution in [1.29, 1.82) is 0 Å². The minimum Gasteiger partial charge on any atom is -0.463 e. The highest BCUT2D eigenvalue weighted by Gasteiger charge is 2.21. The summed E-state index contributed by atoms with van der Waals surface area (Å²) >= 11 is 0. The Morgan fingerprint density at radius 1 is 1.04 bits per heavy atom. The van der Waals surface area contributed by atoms with E-state index in [-0.39, 0.29) is 11.9 Å². The molecule has 3 aromatic rings. The highest BCUT2D eigenvalue weighted by Crippen LogP contribution is 2.18. The van der Waals surface area contributed by atoms with E-state index in [0.717, 1.165) is 29.0 Å². The van der Waals surface area contributed by atoms with Crippen LogP contribution in [0.1, 0.15) is 29.9 Å². The summed E-state index contributed by atoms with van der Waals surface area (Å²) in [5.41, 5.74) is 3.14. The second-order valence-electron chi connectivity index (χ2n) is 5.90. The van der Waals surface area contributed by atoms with Crippen molar-refractivity contribution in [3.8, 4) is 0 Å². The van der Waals surface area contributed by atoms with Crippen molar-refractivity contribution in [3.05, 3.63) is 89.9 Å². The minimum atomic E-state index is -0.0385. The first-order valence-electron chi connectivity index (χ1n) is 8.57. The molecule has 4 nitrogen and oxygen atoms in total. The average molecular weight is 335 g/mol. The molecule has 128 valence electrons. The fourth-order valence-corrected chi connectivity index (χ4v) is 2.92. The monoisotopic (exact) mass is 335 g/mol. The van der Waals surface area contributed by atoms with Crippen LogP contribution in [0.25, 0.3) is 0 Å². The van der Waals surface area contributed by atoms with Crippen LogP contribution in [0, 0.1) is 0 Å². The molecule has 0 aliphatic carbocycles. The zero-order chi connectivity index (χ0) is 17.5. The number of hydrogen-bond acceptors (Lipinski definition) is 2. The van der Waals surface area contributed by atoms with E-state index in [2.05, 4.69) is 12.2 Å². The van der Waals surface area contributed by atoms with Crippen LogP contribution in [0.15, 0.2) is 77.4 Å². The number of para-hydroxylation sites is 1. The zero-order valence-electron chi connectivity index (χ0n) is 14.3. The van der Waals surface area contributed by atoms with E-state index in [9.17, 15) is 4.79 Å². The van der Waals surface area contributed by atoms with Crippen molar-refractivity contribution in [2.24, 2.45) is 0 Å². The Balaban J connectivity index is 1.68. The number of amides is 1. The van der Waals surface area contributed by atoms with E-state index >= 15 is 0 Å². The van der Waals surface area contributed by atoms with E-state index in [1.54, 1.807) is 6.26 Å². The molecule has 0 unspecified atom stereocenters. The fourth-order valence-electron chi connectivity index (χ4n) is 2.92. The topological polar surface area (TPSA) is 58.9 Å². The first-order chi connectivity index (χ1) is 12.3. The third kappa shape index (κ3) is 4.37. The van der Waals surface area contributed by atoms with Crippen LogP contribution in [-0.2, 0) is 11.2 Å². The molecule has 0 spiro atoms. The first-order valence-corrected chi connectivity index (χ1v) is 8.57. The summed E-state index contributed by atoms with van der Waals surface area (Å²) in [4.78, 5) is 12.4. The smallest absolute Gasteiger partial charge is 0.279 e. The predicted molar refractivity (Wildman–Crippen MR) is 98.2 cm³/mol. The summed E-state index contributed by atoms with van der Waals surface area (Å²) in [6.07, 6.45) is 2.55. The number of nitrogens with one attached hydrogen (secondary N) is 1. The Morgan fingerprint density at radius 2 is 1.80 bits per heavy atom. The number of anilines is 1. The van der Waals surface area contributed by atoms with Gasteiger partial charge in [0, 0.05) is 11.3 Å². The van der Waals surface area contributed by atoms with Gasteiger partial charge >= 0.3 is 0 Å². The molecule has 4 heteroatoms. The number of benzene rings is 2. The summed E-state index contributed by atoms with van der Waals surface area (Å²) in [5, 5.41) is 5.01.